The molecule has 1 aliphatic rings. The molecule has 128 valence electrons. The average molecular weight is 322 g/mol. The molecule has 1 fully saturated rings. The van der Waals surface area contributed by atoms with E-state index in [9.17, 15) is 0 Å². The van der Waals surface area contributed by atoms with Crippen LogP contribution in [0.3, 0.4) is 0 Å². The molecule has 2 aromatic rings. The van der Waals surface area contributed by atoms with Crippen molar-refractivity contribution < 1.29 is 0 Å². The summed E-state index contributed by atoms with van der Waals surface area (Å²) in [5, 5.41) is 0. The minimum Gasteiger partial charge on any atom is -0.300 e. The Hall–Kier alpha value is -1.60. The first-order valence-electron chi connectivity index (χ1n) is 9.67. The molecule has 24 heavy (non-hydrogen) atoms. The lowest BCUT2D eigenvalue weighted by Crippen LogP contribution is -2.42. The highest BCUT2D eigenvalue weighted by Crippen LogP contribution is 2.25. The second-order valence-corrected chi connectivity index (χ2v) is 7.30. The summed E-state index contributed by atoms with van der Waals surface area (Å²) in [7, 11) is 0. The number of hydrogen-bond acceptors (Lipinski definition) is 1. The molecule has 0 saturated carbocycles. The zero-order chi connectivity index (χ0) is 16.6. The van der Waals surface area contributed by atoms with Crippen molar-refractivity contribution in [1.82, 2.24) is 4.90 Å². The summed E-state index contributed by atoms with van der Waals surface area (Å²) < 4.78 is 0. The first-order valence-corrected chi connectivity index (χ1v) is 9.67. The summed E-state index contributed by atoms with van der Waals surface area (Å²) in [6.45, 7) is 4.87. The van der Waals surface area contributed by atoms with Crippen LogP contribution in [0.25, 0.3) is 0 Å². The molecule has 0 N–H and O–H groups in total. The molecule has 1 nitrogen and oxygen atoms in total. The molecule has 0 radical (unpaired) electrons. The van der Waals surface area contributed by atoms with Crippen molar-refractivity contribution in [3.63, 3.8) is 0 Å². The predicted molar refractivity (Wildman–Crippen MR) is 103 cm³/mol. The first-order chi connectivity index (χ1) is 11.8. The maximum Gasteiger partial charge on any atom is 0.0136 e. The van der Waals surface area contributed by atoms with Crippen LogP contribution in [0.4, 0.5) is 0 Å². The summed E-state index contributed by atoms with van der Waals surface area (Å²) >= 11 is 0. The Morgan fingerprint density at radius 3 is 2.04 bits per heavy atom. The number of benzene rings is 2. The van der Waals surface area contributed by atoms with Crippen LogP contribution in [-0.2, 0) is 12.8 Å². The molecule has 1 heterocycles. The van der Waals surface area contributed by atoms with Gasteiger partial charge >= 0.3 is 0 Å². The van der Waals surface area contributed by atoms with Crippen LogP contribution < -0.4 is 0 Å². The maximum absolute atomic E-state index is 2.76. The Morgan fingerprint density at radius 2 is 1.46 bits per heavy atom. The fraction of sp³-hybridized carbons (Fsp3) is 0.478. The van der Waals surface area contributed by atoms with Gasteiger partial charge in [0, 0.05) is 6.04 Å². The van der Waals surface area contributed by atoms with Crippen LogP contribution in [0.1, 0.15) is 43.7 Å². The number of likely N-dealkylation sites (tertiary alicyclic amines) is 1. The summed E-state index contributed by atoms with van der Waals surface area (Å²) in [6, 6.07) is 22.8. The van der Waals surface area contributed by atoms with Crippen LogP contribution >= 0.6 is 0 Å². The van der Waals surface area contributed by atoms with Crippen LogP contribution in [0.5, 0.6) is 0 Å². The molecule has 0 bridgehead atoms. The van der Waals surface area contributed by atoms with E-state index in [0.29, 0.717) is 0 Å². The summed E-state index contributed by atoms with van der Waals surface area (Å²) in [6.07, 6.45) is 7.76. The molecule has 1 aliphatic heterocycles. The molecule has 0 aromatic heterocycles. The highest BCUT2D eigenvalue weighted by Gasteiger charge is 2.24. The summed E-state index contributed by atoms with van der Waals surface area (Å²) in [4.78, 5) is 2.76. The van der Waals surface area contributed by atoms with Gasteiger partial charge in [-0.05, 0) is 62.2 Å². The van der Waals surface area contributed by atoms with Crippen LogP contribution in [0.15, 0.2) is 60.7 Å². The quantitative estimate of drug-likeness (QED) is 0.664. The Kier molecular flexibility index (Phi) is 6.48. The number of nitrogens with zero attached hydrogens (tertiary/aromatic N) is 1. The Labute approximate surface area is 147 Å². The second kappa shape index (κ2) is 9.03. The largest absolute Gasteiger partial charge is 0.300 e. The highest BCUT2D eigenvalue weighted by atomic mass is 15.2. The van der Waals surface area contributed by atoms with Crippen molar-refractivity contribution >= 4 is 0 Å². The topological polar surface area (TPSA) is 3.24 Å². The Bertz CT molecular complexity index is 569. The van der Waals surface area contributed by atoms with Crippen LogP contribution in [0, 0.1) is 5.92 Å². The minimum absolute atomic E-state index is 0.718. The van der Waals surface area contributed by atoms with E-state index >= 15 is 0 Å². The third kappa shape index (κ3) is 4.95. The zero-order valence-electron chi connectivity index (χ0n) is 15.0. The van der Waals surface area contributed by atoms with E-state index in [1.165, 1.54) is 62.7 Å². The fourth-order valence-electron chi connectivity index (χ4n) is 4.10. The molecular weight excluding hydrogens is 290 g/mol. The summed E-state index contributed by atoms with van der Waals surface area (Å²) in [5.74, 6) is 0.864. The van der Waals surface area contributed by atoms with Gasteiger partial charge in [-0.2, -0.15) is 0 Å². The molecule has 1 atom stereocenters. The van der Waals surface area contributed by atoms with Gasteiger partial charge in [-0.25, -0.2) is 0 Å². The first kappa shape index (κ1) is 17.2. The number of rotatable bonds is 7. The van der Waals surface area contributed by atoms with Gasteiger partial charge in [0.05, 0.1) is 0 Å². The van der Waals surface area contributed by atoms with Crippen LogP contribution in [-0.4, -0.2) is 24.0 Å². The molecule has 0 spiro atoms. The van der Waals surface area contributed by atoms with Crippen LogP contribution in [0.2, 0.25) is 0 Å². The van der Waals surface area contributed by atoms with Gasteiger partial charge in [-0.15, -0.1) is 0 Å². The third-order valence-corrected chi connectivity index (χ3v) is 5.47. The van der Waals surface area contributed by atoms with E-state index in [1.54, 1.807) is 0 Å². The van der Waals surface area contributed by atoms with E-state index < -0.39 is 0 Å². The second-order valence-electron chi connectivity index (χ2n) is 7.30. The fourth-order valence-corrected chi connectivity index (χ4v) is 4.10. The zero-order valence-corrected chi connectivity index (χ0v) is 15.0. The van der Waals surface area contributed by atoms with E-state index in [0.717, 1.165) is 12.0 Å². The smallest absolute Gasteiger partial charge is 0.0136 e. The van der Waals surface area contributed by atoms with Crippen molar-refractivity contribution in [2.24, 2.45) is 5.92 Å². The van der Waals surface area contributed by atoms with Gasteiger partial charge in [-0.1, -0.05) is 74.0 Å². The molecule has 0 aliphatic carbocycles. The number of hydrogen-bond donors (Lipinski definition) is 0. The highest BCUT2D eigenvalue weighted by molar-refractivity contribution is 5.17. The lowest BCUT2D eigenvalue weighted by molar-refractivity contribution is 0.124. The summed E-state index contributed by atoms with van der Waals surface area (Å²) in [5.41, 5.74) is 2.99. The monoisotopic (exact) mass is 321 g/mol. The van der Waals surface area contributed by atoms with Gasteiger partial charge < -0.3 is 4.90 Å². The van der Waals surface area contributed by atoms with Gasteiger partial charge in [-0.3, -0.25) is 0 Å². The van der Waals surface area contributed by atoms with E-state index in [4.69, 9.17) is 0 Å². The molecular formula is C23H31N. The lowest BCUT2D eigenvalue weighted by atomic mass is 9.88. The van der Waals surface area contributed by atoms with E-state index in [1.807, 2.05) is 0 Å². The molecule has 0 amide bonds. The Balaban J connectivity index is 1.53. The average Bonchev–Trinajstić information content (AvgIpc) is 2.64. The van der Waals surface area contributed by atoms with Crippen molar-refractivity contribution in [2.45, 2.75) is 51.5 Å². The molecule has 1 saturated heterocycles. The number of piperidine rings is 1. The SMILES string of the molecule is CCCC(Cc1ccccc1)N1CCC(Cc2ccccc2)CC1. The molecule has 3 rings (SSSR count). The maximum atomic E-state index is 2.76. The van der Waals surface area contributed by atoms with Gasteiger partial charge in [0.25, 0.3) is 0 Å². The van der Waals surface area contributed by atoms with E-state index in [2.05, 4.69) is 72.5 Å². The van der Waals surface area contributed by atoms with Crippen molar-refractivity contribution in [1.29, 1.82) is 0 Å². The van der Waals surface area contributed by atoms with E-state index in [-0.39, 0.29) is 0 Å². The van der Waals surface area contributed by atoms with Gasteiger partial charge in [0.15, 0.2) is 0 Å². The molecule has 2 aromatic carbocycles. The van der Waals surface area contributed by atoms with Gasteiger partial charge in [0.1, 0.15) is 0 Å². The normalized spacial score (nSPS) is 17.7. The van der Waals surface area contributed by atoms with Crippen molar-refractivity contribution in [3.05, 3.63) is 71.8 Å². The third-order valence-electron chi connectivity index (χ3n) is 5.47. The Morgan fingerprint density at radius 1 is 0.875 bits per heavy atom. The molecule has 1 unspecified atom stereocenters. The molecule has 1 heteroatoms. The van der Waals surface area contributed by atoms with Crippen molar-refractivity contribution in [3.8, 4) is 0 Å². The van der Waals surface area contributed by atoms with Crippen molar-refractivity contribution in [2.75, 3.05) is 13.1 Å². The predicted octanol–water partition coefficient (Wildman–Crippen LogP) is 5.35. The van der Waals surface area contributed by atoms with Gasteiger partial charge in [0.2, 0.25) is 0 Å². The lowest BCUT2D eigenvalue weighted by Gasteiger charge is -2.38. The standard InChI is InChI=1S/C23H31N/c1-2-9-23(19-21-12-7-4-8-13-21)24-16-14-22(15-17-24)18-20-10-5-3-6-11-20/h3-8,10-13,22-23H,2,9,14-19H2,1H3. The minimum atomic E-state index is 0.718.